The average molecular weight is 230 g/mol. The van der Waals surface area contributed by atoms with Gasteiger partial charge in [0.2, 0.25) is 0 Å². The molecule has 0 bridgehead atoms. The van der Waals surface area contributed by atoms with Gasteiger partial charge < -0.3 is 4.74 Å². The van der Waals surface area contributed by atoms with E-state index in [4.69, 9.17) is 4.74 Å². The van der Waals surface area contributed by atoms with Crippen LogP contribution >= 0.6 is 0 Å². The standard InChI is InChI=1S/C14H14O3/c1-10-9-12(14(16)17-10)13(15)8-7-11-5-3-2-4-6-11/h2-8,10,12H,9H2,1H3. The van der Waals surface area contributed by atoms with Crippen molar-refractivity contribution in [1.29, 1.82) is 0 Å². The summed E-state index contributed by atoms with van der Waals surface area (Å²) in [5, 5.41) is 0. The van der Waals surface area contributed by atoms with Gasteiger partial charge in [-0.25, -0.2) is 0 Å². The molecule has 0 spiro atoms. The predicted octanol–water partition coefficient (Wildman–Crippen LogP) is 2.22. The molecule has 0 radical (unpaired) electrons. The Labute approximate surface area is 100 Å². The molecule has 0 N–H and O–H groups in total. The van der Waals surface area contributed by atoms with Gasteiger partial charge in [-0.1, -0.05) is 36.4 Å². The Bertz CT molecular complexity index is 448. The van der Waals surface area contributed by atoms with E-state index in [1.807, 2.05) is 30.3 Å². The third kappa shape index (κ3) is 2.81. The molecule has 1 saturated heterocycles. The second-order valence-corrected chi connectivity index (χ2v) is 4.18. The van der Waals surface area contributed by atoms with Crippen LogP contribution in [0.2, 0.25) is 0 Å². The van der Waals surface area contributed by atoms with Gasteiger partial charge in [0.15, 0.2) is 5.78 Å². The van der Waals surface area contributed by atoms with Crippen molar-refractivity contribution >= 4 is 17.8 Å². The van der Waals surface area contributed by atoms with Crippen LogP contribution in [-0.4, -0.2) is 17.9 Å². The molecule has 0 aromatic heterocycles. The molecule has 1 heterocycles. The van der Waals surface area contributed by atoms with Crippen LogP contribution < -0.4 is 0 Å². The SMILES string of the molecule is CC1CC(C(=O)C=Cc2ccccc2)C(=O)O1. The molecule has 1 aliphatic heterocycles. The summed E-state index contributed by atoms with van der Waals surface area (Å²) >= 11 is 0. The van der Waals surface area contributed by atoms with E-state index in [0.29, 0.717) is 6.42 Å². The van der Waals surface area contributed by atoms with Crippen LogP contribution in [0.4, 0.5) is 0 Å². The predicted molar refractivity (Wildman–Crippen MR) is 64.1 cm³/mol. The number of esters is 1. The van der Waals surface area contributed by atoms with Crippen molar-refractivity contribution in [2.24, 2.45) is 5.92 Å². The normalized spacial score (nSPS) is 23.9. The summed E-state index contributed by atoms with van der Waals surface area (Å²) in [6, 6.07) is 9.51. The summed E-state index contributed by atoms with van der Waals surface area (Å²) in [7, 11) is 0. The van der Waals surface area contributed by atoms with Gasteiger partial charge in [-0.3, -0.25) is 9.59 Å². The first-order valence-corrected chi connectivity index (χ1v) is 5.64. The minimum atomic E-state index is -0.620. The Balaban J connectivity index is 2.03. The van der Waals surface area contributed by atoms with Crippen molar-refractivity contribution in [3.05, 3.63) is 42.0 Å². The molecule has 2 unspecified atom stereocenters. The second-order valence-electron chi connectivity index (χ2n) is 4.18. The minimum Gasteiger partial charge on any atom is -0.462 e. The third-order valence-corrected chi connectivity index (χ3v) is 2.75. The second kappa shape index (κ2) is 4.95. The van der Waals surface area contributed by atoms with Crippen LogP contribution in [-0.2, 0) is 14.3 Å². The fourth-order valence-corrected chi connectivity index (χ4v) is 1.85. The molecule has 2 atom stereocenters. The van der Waals surface area contributed by atoms with Crippen molar-refractivity contribution in [2.75, 3.05) is 0 Å². The van der Waals surface area contributed by atoms with Crippen molar-refractivity contribution in [3.8, 4) is 0 Å². The van der Waals surface area contributed by atoms with Crippen molar-refractivity contribution in [3.63, 3.8) is 0 Å². The highest BCUT2D eigenvalue weighted by molar-refractivity contribution is 6.07. The number of cyclic esters (lactones) is 1. The third-order valence-electron chi connectivity index (χ3n) is 2.75. The zero-order valence-corrected chi connectivity index (χ0v) is 9.63. The molecule has 2 rings (SSSR count). The van der Waals surface area contributed by atoms with E-state index in [1.54, 1.807) is 13.0 Å². The summed E-state index contributed by atoms with van der Waals surface area (Å²) in [6.45, 7) is 1.80. The summed E-state index contributed by atoms with van der Waals surface area (Å²) in [5.74, 6) is -1.20. The van der Waals surface area contributed by atoms with Crippen molar-refractivity contribution < 1.29 is 14.3 Å². The number of hydrogen-bond acceptors (Lipinski definition) is 3. The molecular formula is C14H14O3. The lowest BCUT2D eigenvalue weighted by atomic mass is 9.99. The summed E-state index contributed by atoms with van der Waals surface area (Å²) in [6.07, 6.45) is 3.51. The molecule has 0 aliphatic carbocycles. The average Bonchev–Trinajstić information content (AvgIpc) is 2.67. The molecule has 1 fully saturated rings. The number of rotatable bonds is 3. The van der Waals surface area contributed by atoms with Crippen LogP contribution in [0.5, 0.6) is 0 Å². The van der Waals surface area contributed by atoms with E-state index in [9.17, 15) is 9.59 Å². The zero-order chi connectivity index (χ0) is 12.3. The Hall–Kier alpha value is -1.90. The molecule has 17 heavy (non-hydrogen) atoms. The Morgan fingerprint density at radius 2 is 2.06 bits per heavy atom. The van der Waals surface area contributed by atoms with Gasteiger partial charge in [-0.15, -0.1) is 0 Å². The highest BCUT2D eigenvalue weighted by Crippen LogP contribution is 2.22. The fraction of sp³-hybridized carbons (Fsp3) is 0.286. The first kappa shape index (κ1) is 11.6. The molecule has 1 aromatic rings. The molecule has 1 aliphatic rings. The fourth-order valence-electron chi connectivity index (χ4n) is 1.85. The van der Waals surface area contributed by atoms with Crippen molar-refractivity contribution in [2.45, 2.75) is 19.4 Å². The molecule has 3 nitrogen and oxygen atoms in total. The molecule has 3 heteroatoms. The lowest BCUT2D eigenvalue weighted by Gasteiger charge is -1.98. The topological polar surface area (TPSA) is 43.4 Å². The summed E-state index contributed by atoms with van der Waals surface area (Å²) in [5.41, 5.74) is 0.945. The highest BCUT2D eigenvalue weighted by Gasteiger charge is 2.35. The van der Waals surface area contributed by atoms with Gasteiger partial charge in [0.25, 0.3) is 0 Å². The van der Waals surface area contributed by atoms with E-state index >= 15 is 0 Å². The maximum Gasteiger partial charge on any atom is 0.317 e. The van der Waals surface area contributed by atoms with E-state index < -0.39 is 11.9 Å². The van der Waals surface area contributed by atoms with Crippen molar-refractivity contribution in [1.82, 2.24) is 0 Å². The number of benzene rings is 1. The van der Waals surface area contributed by atoms with Gasteiger partial charge >= 0.3 is 5.97 Å². The Kier molecular flexibility index (Phi) is 3.38. The van der Waals surface area contributed by atoms with E-state index in [-0.39, 0.29) is 11.9 Å². The van der Waals surface area contributed by atoms with Gasteiger partial charge in [0.05, 0.1) is 0 Å². The molecule has 88 valence electrons. The van der Waals surface area contributed by atoms with Crippen LogP contribution in [0.3, 0.4) is 0 Å². The van der Waals surface area contributed by atoms with Crippen LogP contribution in [0.25, 0.3) is 6.08 Å². The van der Waals surface area contributed by atoms with E-state index in [0.717, 1.165) is 5.56 Å². The number of hydrogen-bond donors (Lipinski definition) is 0. The van der Waals surface area contributed by atoms with E-state index in [1.165, 1.54) is 6.08 Å². The first-order valence-electron chi connectivity index (χ1n) is 5.64. The molecule has 1 aromatic carbocycles. The first-order chi connectivity index (χ1) is 8.16. The highest BCUT2D eigenvalue weighted by atomic mass is 16.5. The molecule has 0 saturated carbocycles. The summed E-state index contributed by atoms with van der Waals surface area (Å²) < 4.78 is 4.95. The lowest BCUT2D eigenvalue weighted by Crippen LogP contribution is -2.16. The van der Waals surface area contributed by atoms with Gasteiger partial charge in [0.1, 0.15) is 12.0 Å². The number of carbonyl (C=O) groups is 2. The maximum atomic E-state index is 11.8. The minimum absolute atomic E-state index is 0.151. The Morgan fingerprint density at radius 3 is 2.65 bits per heavy atom. The maximum absolute atomic E-state index is 11.8. The zero-order valence-electron chi connectivity index (χ0n) is 9.63. The van der Waals surface area contributed by atoms with Crippen LogP contribution in [0.15, 0.2) is 36.4 Å². The number of ether oxygens (including phenoxy) is 1. The van der Waals surface area contributed by atoms with Gasteiger partial charge in [-0.05, 0) is 18.6 Å². The quantitative estimate of drug-likeness (QED) is 0.454. The number of allylic oxidation sites excluding steroid dienone is 1. The largest absolute Gasteiger partial charge is 0.462 e. The molecule has 0 amide bonds. The number of carbonyl (C=O) groups excluding carboxylic acids is 2. The number of ketones is 1. The van der Waals surface area contributed by atoms with Crippen LogP contribution in [0.1, 0.15) is 18.9 Å². The summed E-state index contributed by atoms with van der Waals surface area (Å²) in [4.78, 5) is 23.1. The van der Waals surface area contributed by atoms with Crippen LogP contribution in [0, 0.1) is 5.92 Å². The Morgan fingerprint density at radius 1 is 1.35 bits per heavy atom. The van der Waals surface area contributed by atoms with Gasteiger partial charge in [0, 0.05) is 6.42 Å². The smallest absolute Gasteiger partial charge is 0.317 e. The van der Waals surface area contributed by atoms with E-state index in [2.05, 4.69) is 0 Å². The molecular weight excluding hydrogens is 216 g/mol. The monoisotopic (exact) mass is 230 g/mol. The lowest BCUT2D eigenvalue weighted by molar-refractivity contribution is -0.145. The van der Waals surface area contributed by atoms with Gasteiger partial charge in [-0.2, -0.15) is 0 Å².